The van der Waals surface area contributed by atoms with Crippen LogP contribution >= 0.6 is 0 Å². The van der Waals surface area contributed by atoms with Crippen molar-refractivity contribution in [2.75, 3.05) is 0 Å². The molecule has 0 unspecified atom stereocenters. The van der Waals surface area contributed by atoms with Crippen molar-refractivity contribution in [3.05, 3.63) is 83.9 Å². The van der Waals surface area contributed by atoms with E-state index in [2.05, 4.69) is 54.4 Å². The third-order valence-electron chi connectivity index (χ3n) is 9.85. The molecule has 2 heterocycles. The second-order valence-electron chi connectivity index (χ2n) is 12.8. The molecule has 5 atom stereocenters. The number of nitrogens with one attached hydrogen (secondary N) is 1. The van der Waals surface area contributed by atoms with Crippen molar-refractivity contribution in [1.82, 2.24) is 20.1 Å². The van der Waals surface area contributed by atoms with Gasteiger partial charge in [-0.1, -0.05) is 68.4 Å². The summed E-state index contributed by atoms with van der Waals surface area (Å²) in [4.78, 5) is 17.2. The molecule has 3 aromatic rings. The smallest absolute Gasteiger partial charge is 0.404 e. The minimum absolute atomic E-state index is 0.00165. The molecule has 8 nitrogen and oxygen atoms in total. The van der Waals surface area contributed by atoms with Crippen molar-refractivity contribution in [3.8, 4) is 6.07 Å². The Bertz CT molecular complexity index is 1480. The fourth-order valence-electron chi connectivity index (χ4n) is 7.36. The molecule has 1 N–H and O–H groups in total. The first-order valence-electron chi connectivity index (χ1n) is 15.0. The summed E-state index contributed by atoms with van der Waals surface area (Å²) in [5, 5.41) is 16.8. The van der Waals surface area contributed by atoms with E-state index in [4.69, 9.17) is 9.31 Å². The molecular weight excluding hydrogens is 525 g/mol. The lowest BCUT2D eigenvalue weighted by Gasteiger charge is -2.64. The number of hydrogen-bond donors (Lipinski definition) is 1. The summed E-state index contributed by atoms with van der Waals surface area (Å²) < 4.78 is 14.8. The highest BCUT2D eigenvalue weighted by Crippen LogP contribution is 2.65. The van der Waals surface area contributed by atoms with Gasteiger partial charge in [0.2, 0.25) is 5.91 Å². The Balaban J connectivity index is 1.09. The lowest BCUT2D eigenvalue weighted by Crippen LogP contribution is -2.65. The van der Waals surface area contributed by atoms with Gasteiger partial charge in [-0.2, -0.15) is 10.4 Å². The van der Waals surface area contributed by atoms with Crippen molar-refractivity contribution >= 4 is 24.8 Å². The number of carbonyl (C=O) groups excluding carboxylic acids is 1. The topological polar surface area (TPSA) is 102 Å². The third-order valence-corrected chi connectivity index (χ3v) is 9.85. The number of nitrogens with zero attached hydrogens (tertiary/aromatic N) is 4. The van der Waals surface area contributed by atoms with Crippen molar-refractivity contribution < 1.29 is 14.1 Å². The predicted molar refractivity (Wildman–Crippen MR) is 161 cm³/mol. The van der Waals surface area contributed by atoms with Gasteiger partial charge in [0, 0.05) is 6.42 Å². The first-order valence-corrected chi connectivity index (χ1v) is 15.0. The first-order chi connectivity index (χ1) is 20.3. The number of aryl methyl sites for hydroxylation is 1. The molecule has 2 aromatic carbocycles. The number of hydrogen-bond acceptors (Lipinski definition) is 6. The van der Waals surface area contributed by atoms with Crippen LogP contribution in [0, 0.1) is 28.6 Å². The Morgan fingerprint density at radius 3 is 2.74 bits per heavy atom. The zero-order valence-corrected chi connectivity index (χ0v) is 24.6. The number of benzene rings is 2. The van der Waals surface area contributed by atoms with Crippen LogP contribution in [0.3, 0.4) is 0 Å². The van der Waals surface area contributed by atoms with E-state index >= 15 is 0 Å². The largest absolute Gasteiger partial charge is 0.482 e. The van der Waals surface area contributed by atoms with Crippen molar-refractivity contribution in [2.24, 2.45) is 17.3 Å². The monoisotopic (exact) mass is 563 g/mol. The van der Waals surface area contributed by atoms with Crippen LogP contribution < -0.4 is 5.32 Å². The van der Waals surface area contributed by atoms with Crippen LogP contribution in [0.25, 0.3) is 11.8 Å². The summed E-state index contributed by atoms with van der Waals surface area (Å²) in [5.74, 6) is 0.880. The normalized spacial score (nSPS) is 26.6. The first kappa shape index (κ1) is 28.4. The van der Waals surface area contributed by atoms with Crippen LogP contribution in [0.2, 0.25) is 0 Å². The quantitative estimate of drug-likeness (QED) is 0.272. The van der Waals surface area contributed by atoms with Gasteiger partial charge in [-0.05, 0) is 79.0 Å². The van der Waals surface area contributed by atoms with Gasteiger partial charge in [-0.25, -0.2) is 9.67 Å². The standard InChI is InChI=1S/C33H38BN5O3/c1-32(2)26-18-28(32)33(3)29(19-26)41-34(42-33)30(17-24-9-5-4-6-10-24)38-31(40)14-8-12-23-11-7-13-25(15-23)16-27(20-35)39-22-36-21-37-39/h4-7,9-11,13,15-16,21-22,26,28-30H,8,12,14,17-19H2,1-3H3,(H,38,40)/t26-,28-,29+,30-,33-/m0/s1. The van der Waals surface area contributed by atoms with E-state index in [1.165, 1.54) is 23.8 Å². The summed E-state index contributed by atoms with van der Waals surface area (Å²) in [5.41, 5.74) is 3.49. The van der Waals surface area contributed by atoms with Crippen molar-refractivity contribution in [3.63, 3.8) is 0 Å². The Hall–Kier alpha value is -3.74. The van der Waals surface area contributed by atoms with E-state index in [1.54, 1.807) is 6.08 Å². The zero-order chi connectivity index (χ0) is 29.3. The molecular formula is C33H38BN5O3. The molecule has 1 saturated heterocycles. The SMILES string of the molecule is CC1(C)[C@@H]2C[C@H]3OB([C@H](Cc4ccccc4)NC(=O)CCCc4cccc(C=C(C#N)n5cncn5)c4)O[C@@]3(C)[C@H]1C2. The van der Waals surface area contributed by atoms with Gasteiger partial charge in [0.1, 0.15) is 24.4 Å². The molecule has 0 spiro atoms. The fourth-order valence-corrected chi connectivity index (χ4v) is 7.36. The van der Waals surface area contributed by atoms with E-state index in [9.17, 15) is 10.1 Å². The van der Waals surface area contributed by atoms with Gasteiger partial charge in [0.05, 0.1) is 17.6 Å². The van der Waals surface area contributed by atoms with Crippen LogP contribution in [0.4, 0.5) is 0 Å². The summed E-state index contributed by atoms with van der Waals surface area (Å²) in [6.45, 7) is 6.94. The van der Waals surface area contributed by atoms with E-state index in [-0.39, 0.29) is 29.0 Å². The van der Waals surface area contributed by atoms with Gasteiger partial charge in [0.15, 0.2) is 0 Å². The molecule has 1 aromatic heterocycles. The molecule has 1 aliphatic heterocycles. The second-order valence-corrected chi connectivity index (χ2v) is 12.8. The zero-order valence-electron chi connectivity index (χ0n) is 24.6. The molecule has 4 fully saturated rings. The molecule has 3 saturated carbocycles. The third kappa shape index (κ3) is 5.54. The minimum Gasteiger partial charge on any atom is -0.404 e. The lowest BCUT2D eigenvalue weighted by atomic mass is 9.43. The van der Waals surface area contributed by atoms with Gasteiger partial charge < -0.3 is 14.6 Å². The van der Waals surface area contributed by atoms with E-state index < -0.39 is 7.12 Å². The fraction of sp³-hybridized carbons (Fsp3) is 0.455. The van der Waals surface area contributed by atoms with E-state index in [0.717, 1.165) is 29.5 Å². The molecule has 1 amide bonds. The predicted octanol–water partition coefficient (Wildman–Crippen LogP) is 5.12. The lowest BCUT2D eigenvalue weighted by molar-refractivity contribution is -0.199. The van der Waals surface area contributed by atoms with Crippen LogP contribution in [0.15, 0.2) is 67.3 Å². The maximum absolute atomic E-state index is 13.3. The van der Waals surface area contributed by atoms with Crippen LogP contribution in [-0.4, -0.2) is 45.4 Å². The maximum Gasteiger partial charge on any atom is 0.482 e. The number of carbonyl (C=O) groups is 1. The average Bonchev–Trinajstić information content (AvgIpc) is 3.64. The molecule has 2 bridgehead atoms. The van der Waals surface area contributed by atoms with Gasteiger partial charge >= 0.3 is 7.12 Å². The van der Waals surface area contributed by atoms with Crippen LogP contribution in [0.1, 0.15) is 63.1 Å². The molecule has 7 rings (SSSR count). The molecule has 9 heteroatoms. The molecule has 4 aliphatic rings. The molecule has 216 valence electrons. The number of amides is 1. The van der Waals surface area contributed by atoms with Gasteiger partial charge in [-0.3, -0.25) is 4.79 Å². The number of aromatic nitrogens is 3. The van der Waals surface area contributed by atoms with Crippen LogP contribution in [-0.2, 0) is 26.9 Å². The molecule has 3 aliphatic carbocycles. The van der Waals surface area contributed by atoms with E-state index in [1.807, 2.05) is 42.5 Å². The Labute approximate surface area is 248 Å². The van der Waals surface area contributed by atoms with Crippen LogP contribution in [0.5, 0.6) is 0 Å². The summed E-state index contributed by atoms with van der Waals surface area (Å²) in [6, 6.07) is 20.4. The maximum atomic E-state index is 13.3. The highest BCUT2D eigenvalue weighted by atomic mass is 16.7. The number of rotatable bonds is 10. The van der Waals surface area contributed by atoms with Crippen molar-refractivity contribution in [2.45, 2.75) is 76.9 Å². The minimum atomic E-state index is -0.470. The summed E-state index contributed by atoms with van der Waals surface area (Å²) in [6.07, 6.45) is 9.48. The van der Waals surface area contributed by atoms with Crippen molar-refractivity contribution in [1.29, 1.82) is 5.26 Å². The summed E-state index contributed by atoms with van der Waals surface area (Å²) in [7, 11) is -0.470. The Morgan fingerprint density at radius 2 is 2.00 bits per heavy atom. The second kappa shape index (κ2) is 11.5. The Morgan fingerprint density at radius 1 is 1.19 bits per heavy atom. The number of nitriles is 1. The molecule has 0 radical (unpaired) electrons. The van der Waals surface area contributed by atoms with Gasteiger partial charge in [0.25, 0.3) is 0 Å². The highest BCUT2D eigenvalue weighted by Gasteiger charge is 2.68. The average molecular weight is 564 g/mol. The van der Waals surface area contributed by atoms with Gasteiger partial charge in [-0.15, -0.1) is 0 Å². The van der Waals surface area contributed by atoms with E-state index in [0.29, 0.717) is 36.8 Å². The number of allylic oxidation sites excluding steroid dienone is 1. The highest BCUT2D eigenvalue weighted by molar-refractivity contribution is 6.48. The Kier molecular flexibility index (Phi) is 7.78. The summed E-state index contributed by atoms with van der Waals surface area (Å²) >= 11 is 0. The molecule has 42 heavy (non-hydrogen) atoms.